The average Bonchev–Trinajstić information content (AvgIpc) is 2.56. The largest absolute Gasteiger partial charge is 0.490 e. The lowest BCUT2D eigenvalue weighted by Crippen LogP contribution is -2.20. The minimum atomic E-state index is -4.42. The number of nitrogens with one attached hydrogen (secondary N) is 1. The topological polar surface area (TPSA) is 47.6 Å². The first-order chi connectivity index (χ1) is 11.8. The van der Waals surface area contributed by atoms with Gasteiger partial charge in [-0.3, -0.25) is 4.79 Å². The molecule has 4 nitrogen and oxygen atoms in total. The van der Waals surface area contributed by atoms with Gasteiger partial charge in [0.25, 0.3) is 5.91 Å². The summed E-state index contributed by atoms with van der Waals surface area (Å²) in [4.78, 5) is 12.0. The molecule has 0 radical (unpaired) electrons. The summed E-state index contributed by atoms with van der Waals surface area (Å²) in [5, 5.41) is 2.94. The van der Waals surface area contributed by atoms with Gasteiger partial charge < -0.3 is 14.8 Å². The lowest BCUT2D eigenvalue weighted by molar-refractivity contribution is -0.137. The number of rotatable bonds is 6. The molecule has 0 saturated heterocycles. The van der Waals surface area contributed by atoms with Gasteiger partial charge in [0.1, 0.15) is 5.75 Å². The summed E-state index contributed by atoms with van der Waals surface area (Å²) in [6.45, 7) is 1.78. The third kappa shape index (κ3) is 5.29. The van der Waals surface area contributed by atoms with Crippen LogP contribution in [0.4, 0.5) is 18.9 Å². The molecule has 0 aromatic heterocycles. The molecule has 1 N–H and O–H groups in total. The van der Waals surface area contributed by atoms with E-state index in [1.54, 1.807) is 25.1 Å². The zero-order chi connectivity index (χ0) is 18.4. The molecule has 2 aromatic carbocycles. The molecule has 2 aromatic rings. The lowest BCUT2D eigenvalue weighted by Gasteiger charge is -2.13. The Balaban J connectivity index is 1.96. The van der Waals surface area contributed by atoms with Gasteiger partial charge in [-0.1, -0.05) is 17.7 Å². The Hall–Kier alpha value is -2.41. The van der Waals surface area contributed by atoms with Crippen molar-refractivity contribution in [2.75, 3.05) is 18.5 Å². The van der Waals surface area contributed by atoms with Crippen molar-refractivity contribution in [1.29, 1.82) is 0 Å². The maximum atomic E-state index is 12.5. The molecule has 134 valence electrons. The standard InChI is InChI=1S/C17H15ClF3NO3/c1-2-24-16-13(18)4-3-5-14(16)22-15(23)10-25-12-8-6-11(7-9-12)17(19,20)21/h3-9H,2,10H2,1H3,(H,22,23). The number of anilines is 1. The van der Waals surface area contributed by atoms with Gasteiger partial charge in [0.15, 0.2) is 12.4 Å². The van der Waals surface area contributed by atoms with E-state index in [9.17, 15) is 18.0 Å². The number of carbonyl (C=O) groups is 1. The van der Waals surface area contributed by atoms with E-state index in [-0.39, 0.29) is 12.4 Å². The molecular formula is C17H15ClF3NO3. The number of ether oxygens (including phenoxy) is 2. The SMILES string of the molecule is CCOc1c(Cl)cccc1NC(=O)COc1ccc(C(F)(F)F)cc1. The molecule has 0 aliphatic rings. The molecular weight excluding hydrogens is 359 g/mol. The van der Waals surface area contributed by atoms with Crippen LogP contribution in [0.2, 0.25) is 5.02 Å². The van der Waals surface area contributed by atoms with Crippen LogP contribution in [0.1, 0.15) is 12.5 Å². The Bertz CT molecular complexity index is 733. The molecule has 0 fully saturated rings. The predicted octanol–water partition coefficient (Wildman–Crippen LogP) is 4.78. The van der Waals surface area contributed by atoms with Gasteiger partial charge in [0.05, 0.1) is 22.9 Å². The van der Waals surface area contributed by atoms with Crippen LogP contribution < -0.4 is 14.8 Å². The van der Waals surface area contributed by atoms with E-state index >= 15 is 0 Å². The Kier molecular flexibility index (Phi) is 6.14. The van der Waals surface area contributed by atoms with Crippen LogP contribution in [0, 0.1) is 0 Å². The van der Waals surface area contributed by atoms with Crippen molar-refractivity contribution < 1.29 is 27.4 Å². The summed E-state index contributed by atoms with van der Waals surface area (Å²) in [7, 11) is 0. The third-order valence-corrected chi connectivity index (χ3v) is 3.38. The highest BCUT2D eigenvalue weighted by Gasteiger charge is 2.30. The quantitative estimate of drug-likeness (QED) is 0.793. The normalized spacial score (nSPS) is 11.1. The summed E-state index contributed by atoms with van der Waals surface area (Å²) in [5.41, 5.74) is -0.403. The first kappa shape index (κ1) is 18.9. The summed E-state index contributed by atoms with van der Waals surface area (Å²) in [6, 6.07) is 8.97. The Morgan fingerprint density at radius 2 is 1.80 bits per heavy atom. The van der Waals surface area contributed by atoms with Crippen LogP contribution in [0.25, 0.3) is 0 Å². The first-order valence-electron chi connectivity index (χ1n) is 7.32. The number of carbonyl (C=O) groups excluding carboxylic acids is 1. The van der Waals surface area contributed by atoms with E-state index in [0.29, 0.717) is 23.1 Å². The number of hydrogen-bond acceptors (Lipinski definition) is 3. The summed E-state index contributed by atoms with van der Waals surface area (Å²) < 4.78 is 48.0. The number of amides is 1. The highest BCUT2D eigenvalue weighted by molar-refractivity contribution is 6.32. The van der Waals surface area contributed by atoms with Crippen molar-refractivity contribution in [3.63, 3.8) is 0 Å². The second-order valence-corrected chi connectivity index (χ2v) is 5.32. The van der Waals surface area contributed by atoms with E-state index in [2.05, 4.69) is 5.32 Å². The number of hydrogen-bond donors (Lipinski definition) is 1. The minimum absolute atomic E-state index is 0.152. The summed E-state index contributed by atoms with van der Waals surface area (Å²) in [6.07, 6.45) is -4.42. The fourth-order valence-electron chi connectivity index (χ4n) is 1.97. The molecule has 1 amide bonds. The van der Waals surface area contributed by atoms with Crippen molar-refractivity contribution in [2.24, 2.45) is 0 Å². The van der Waals surface area contributed by atoms with Gasteiger partial charge in [-0.25, -0.2) is 0 Å². The van der Waals surface area contributed by atoms with Crippen molar-refractivity contribution in [3.8, 4) is 11.5 Å². The summed E-state index contributed by atoms with van der Waals surface area (Å²) >= 11 is 6.02. The van der Waals surface area contributed by atoms with Crippen molar-refractivity contribution >= 4 is 23.2 Å². The molecule has 0 aliphatic heterocycles. The van der Waals surface area contributed by atoms with Gasteiger partial charge in [-0.2, -0.15) is 13.2 Å². The van der Waals surface area contributed by atoms with E-state index in [1.165, 1.54) is 0 Å². The predicted molar refractivity (Wildman–Crippen MR) is 88.2 cm³/mol. The molecule has 0 spiro atoms. The second-order valence-electron chi connectivity index (χ2n) is 4.91. The molecule has 0 aliphatic carbocycles. The minimum Gasteiger partial charge on any atom is -0.490 e. The van der Waals surface area contributed by atoms with Gasteiger partial charge in [-0.15, -0.1) is 0 Å². The molecule has 0 saturated carbocycles. The van der Waals surface area contributed by atoms with E-state index in [0.717, 1.165) is 24.3 Å². The fraction of sp³-hybridized carbons (Fsp3) is 0.235. The third-order valence-electron chi connectivity index (χ3n) is 3.08. The Labute approximate surface area is 147 Å². The first-order valence-corrected chi connectivity index (χ1v) is 7.70. The summed E-state index contributed by atoms with van der Waals surface area (Å²) in [5.74, 6) is -0.00283. The van der Waals surface area contributed by atoms with Gasteiger partial charge in [0.2, 0.25) is 0 Å². The van der Waals surface area contributed by atoms with E-state index in [1.807, 2.05) is 0 Å². The number of benzene rings is 2. The maximum Gasteiger partial charge on any atom is 0.416 e. The molecule has 25 heavy (non-hydrogen) atoms. The van der Waals surface area contributed by atoms with Gasteiger partial charge in [-0.05, 0) is 43.3 Å². The average molecular weight is 374 g/mol. The zero-order valence-electron chi connectivity index (χ0n) is 13.2. The van der Waals surface area contributed by atoms with Crippen LogP contribution in [-0.4, -0.2) is 19.1 Å². The molecule has 8 heteroatoms. The van der Waals surface area contributed by atoms with Crippen molar-refractivity contribution in [1.82, 2.24) is 0 Å². The fourth-order valence-corrected chi connectivity index (χ4v) is 2.20. The van der Waals surface area contributed by atoms with Crippen LogP contribution >= 0.6 is 11.6 Å². The van der Waals surface area contributed by atoms with Crippen molar-refractivity contribution in [2.45, 2.75) is 13.1 Å². The molecule has 0 unspecified atom stereocenters. The zero-order valence-corrected chi connectivity index (χ0v) is 13.9. The van der Waals surface area contributed by atoms with Crippen LogP contribution in [-0.2, 0) is 11.0 Å². The van der Waals surface area contributed by atoms with Gasteiger partial charge >= 0.3 is 6.18 Å². The van der Waals surface area contributed by atoms with Gasteiger partial charge in [0, 0.05) is 0 Å². The molecule has 0 bridgehead atoms. The van der Waals surface area contributed by atoms with E-state index < -0.39 is 17.6 Å². The number of halogens is 4. The maximum absolute atomic E-state index is 12.5. The number of para-hydroxylation sites is 1. The highest BCUT2D eigenvalue weighted by Crippen LogP contribution is 2.33. The monoisotopic (exact) mass is 373 g/mol. The molecule has 0 atom stereocenters. The lowest BCUT2D eigenvalue weighted by atomic mass is 10.2. The number of alkyl halides is 3. The molecule has 0 heterocycles. The highest BCUT2D eigenvalue weighted by atomic mass is 35.5. The van der Waals surface area contributed by atoms with Crippen LogP contribution in [0.5, 0.6) is 11.5 Å². The Morgan fingerprint density at radius 1 is 1.12 bits per heavy atom. The van der Waals surface area contributed by atoms with Crippen LogP contribution in [0.15, 0.2) is 42.5 Å². The molecule has 2 rings (SSSR count). The second kappa shape index (κ2) is 8.11. The van der Waals surface area contributed by atoms with E-state index in [4.69, 9.17) is 21.1 Å². The smallest absolute Gasteiger partial charge is 0.416 e. The Morgan fingerprint density at radius 3 is 2.40 bits per heavy atom. The van der Waals surface area contributed by atoms with Crippen LogP contribution in [0.3, 0.4) is 0 Å². The van der Waals surface area contributed by atoms with Crippen molar-refractivity contribution in [3.05, 3.63) is 53.1 Å².